The monoisotopic (exact) mass is 389 g/mol. The number of methoxy groups -OCH3 is 3. The van der Waals surface area contributed by atoms with E-state index >= 15 is 0 Å². The van der Waals surface area contributed by atoms with E-state index in [1.807, 2.05) is 0 Å². The number of nitrogens with one attached hydrogen (secondary N) is 1. The molecule has 8 heteroatoms. The Morgan fingerprint density at radius 1 is 0.929 bits per heavy atom. The van der Waals surface area contributed by atoms with Crippen LogP contribution in [0, 0.1) is 0 Å². The minimum atomic E-state index is -1.05. The van der Waals surface area contributed by atoms with Crippen LogP contribution in [0.2, 0.25) is 0 Å². The highest BCUT2D eigenvalue weighted by atomic mass is 16.5. The van der Waals surface area contributed by atoms with E-state index < -0.39 is 17.9 Å². The van der Waals surface area contributed by atoms with Crippen molar-refractivity contribution >= 4 is 11.9 Å². The highest BCUT2D eigenvalue weighted by Gasteiger charge is 2.20. The molecule has 0 aliphatic heterocycles. The summed E-state index contributed by atoms with van der Waals surface area (Å²) in [6.45, 7) is -0.288. The number of ether oxygens (including phenoxy) is 4. The Balaban J connectivity index is 2.11. The maximum absolute atomic E-state index is 12.3. The lowest BCUT2D eigenvalue weighted by atomic mass is 10.0. The van der Waals surface area contributed by atoms with Gasteiger partial charge in [0.25, 0.3) is 5.91 Å². The van der Waals surface area contributed by atoms with Crippen molar-refractivity contribution in [2.24, 2.45) is 0 Å². The molecule has 8 nitrogen and oxygen atoms in total. The predicted molar refractivity (Wildman–Crippen MR) is 101 cm³/mol. The number of aliphatic carboxylic acids is 1. The smallest absolute Gasteiger partial charge is 0.305 e. The summed E-state index contributed by atoms with van der Waals surface area (Å²) in [6.07, 6.45) is -0.296. The molecule has 0 heterocycles. The first kappa shape index (κ1) is 20.9. The fourth-order valence-corrected chi connectivity index (χ4v) is 2.61. The number of hydrogen-bond donors (Lipinski definition) is 2. The van der Waals surface area contributed by atoms with E-state index in [1.165, 1.54) is 21.3 Å². The summed E-state index contributed by atoms with van der Waals surface area (Å²) in [5.41, 5.74) is 0.575. The highest BCUT2D eigenvalue weighted by Crippen LogP contribution is 2.31. The Morgan fingerprint density at radius 3 is 2.14 bits per heavy atom. The van der Waals surface area contributed by atoms with Crippen LogP contribution in [0.4, 0.5) is 0 Å². The quantitative estimate of drug-likeness (QED) is 0.643. The van der Waals surface area contributed by atoms with Crippen LogP contribution in [0.3, 0.4) is 0 Å². The van der Waals surface area contributed by atoms with Gasteiger partial charge in [-0.1, -0.05) is 18.2 Å². The largest absolute Gasteiger partial charge is 0.493 e. The summed E-state index contributed by atoms with van der Waals surface area (Å²) in [6, 6.07) is 11.1. The molecule has 28 heavy (non-hydrogen) atoms. The van der Waals surface area contributed by atoms with E-state index in [0.29, 0.717) is 28.6 Å². The first-order valence-electron chi connectivity index (χ1n) is 8.47. The van der Waals surface area contributed by atoms with Gasteiger partial charge in [-0.15, -0.1) is 0 Å². The molecule has 0 aliphatic carbocycles. The molecular formula is C20H23NO7. The summed E-state index contributed by atoms with van der Waals surface area (Å²) in [7, 11) is 4.49. The highest BCUT2D eigenvalue weighted by molar-refractivity contribution is 5.79. The van der Waals surface area contributed by atoms with Gasteiger partial charge in [0.15, 0.2) is 29.6 Å². The van der Waals surface area contributed by atoms with Crippen LogP contribution < -0.4 is 24.3 Å². The van der Waals surface area contributed by atoms with E-state index in [2.05, 4.69) is 5.32 Å². The number of carboxylic acids is 1. The standard InChI is InChI=1S/C20H23NO7/c1-25-15-6-4-5-7-17(15)28-12-19(22)21-14(11-20(23)24)13-8-9-16(26-2)18(10-13)27-3/h4-10,14H,11-12H2,1-3H3,(H,21,22)(H,23,24)/t14-/m1/s1. The summed E-state index contributed by atoms with van der Waals surface area (Å²) in [5, 5.41) is 11.9. The van der Waals surface area contributed by atoms with Crippen molar-refractivity contribution in [3.63, 3.8) is 0 Å². The average molecular weight is 389 g/mol. The minimum Gasteiger partial charge on any atom is -0.493 e. The first-order chi connectivity index (χ1) is 13.5. The van der Waals surface area contributed by atoms with Crippen molar-refractivity contribution in [1.29, 1.82) is 0 Å². The molecule has 2 aromatic rings. The summed E-state index contributed by atoms with van der Waals surface area (Å²) in [4.78, 5) is 23.6. The summed E-state index contributed by atoms with van der Waals surface area (Å²) >= 11 is 0. The van der Waals surface area contributed by atoms with Crippen molar-refractivity contribution in [2.45, 2.75) is 12.5 Å². The molecule has 2 aromatic carbocycles. The van der Waals surface area contributed by atoms with Crippen LogP contribution in [-0.2, 0) is 9.59 Å². The van der Waals surface area contributed by atoms with Gasteiger partial charge in [-0.2, -0.15) is 0 Å². The SMILES string of the molecule is COc1ccc([C@@H](CC(=O)O)NC(=O)COc2ccccc2OC)cc1OC. The van der Waals surface area contributed by atoms with Crippen LogP contribution in [0.15, 0.2) is 42.5 Å². The van der Waals surface area contributed by atoms with E-state index in [9.17, 15) is 14.7 Å². The lowest BCUT2D eigenvalue weighted by molar-refractivity contribution is -0.137. The molecule has 0 fully saturated rings. The lowest BCUT2D eigenvalue weighted by Crippen LogP contribution is -2.34. The van der Waals surface area contributed by atoms with Crippen molar-refractivity contribution in [1.82, 2.24) is 5.32 Å². The van der Waals surface area contributed by atoms with Crippen LogP contribution >= 0.6 is 0 Å². The fourth-order valence-electron chi connectivity index (χ4n) is 2.61. The van der Waals surface area contributed by atoms with Gasteiger partial charge in [0.2, 0.25) is 0 Å². The topological polar surface area (TPSA) is 103 Å². The molecule has 150 valence electrons. The summed E-state index contributed by atoms with van der Waals surface area (Å²) in [5.74, 6) is 0.345. The molecular weight excluding hydrogens is 366 g/mol. The zero-order valence-electron chi connectivity index (χ0n) is 15.9. The maximum Gasteiger partial charge on any atom is 0.305 e. The van der Waals surface area contributed by atoms with E-state index in [1.54, 1.807) is 42.5 Å². The van der Waals surface area contributed by atoms with Crippen molar-refractivity contribution in [3.8, 4) is 23.0 Å². The number of carboxylic acid groups (broad SMARTS) is 1. The number of para-hydroxylation sites is 2. The summed E-state index contributed by atoms with van der Waals surface area (Å²) < 4.78 is 21.1. The Labute approximate surface area is 163 Å². The number of amides is 1. The second-order valence-electron chi connectivity index (χ2n) is 5.77. The lowest BCUT2D eigenvalue weighted by Gasteiger charge is -2.19. The first-order valence-corrected chi connectivity index (χ1v) is 8.47. The van der Waals surface area contributed by atoms with E-state index in [0.717, 1.165) is 0 Å². The molecule has 0 spiro atoms. The number of carbonyl (C=O) groups is 2. The average Bonchev–Trinajstić information content (AvgIpc) is 2.71. The third-order valence-corrected chi connectivity index (χ3v) is 3.95. The maximum atomic E-state index is 12.3. The molecule has 0 saturated heterocycles. The molecule has 0 bridgehead atoms. The van der Waals surface area contributed by atoms with Gasteiger partial charge in [-0.05, 0) is 29.8 Å². The van der Waals surface area contributed by atoms with E-state index in [-0.39, 0.29) is 13.0 Å². The minimum absolute atomic E-state index is 0.288. The van der Waals surface area contributed by atoms with Crippen LogP contribution in [0.1, 0.15) is 18.0 Å². The van der Waals surface area contributed by atoms with Gasteiger partial charge in [-0.3, -0.25) is 9.59 Å². The molecule has 0 aromatic heterocycles. The Bertz CT molecular complexity index is 822. The molecule has 1 amide bonds. The van der Waals surface area contributed by atoms with Crippen molar-refractivity contribution in [2.75, 3.05) is 27.9 Å². The van der Waals surface area contributed by atoms with Gasteiger partial charge >= 0.3 is 5.97 Å². The molecule has 2 N–H and O–H groups in total. The van der Waals surface area contributed by atoms with Gasteiger partial charge in [0, 0.05) is 0 Å². The molecule has 0 saturated carbocycles. The van der Waals surface area contributed by atoms with Crippen molar-refractivity contribution in [3.05, 3.63) is 48.0 Å². The second-order valence-corrected chi connectivity index (χ2v) is 5.77. The molecule has 2 rings (SSSR count). The van der Waals surface area contributed by atoms with Crippen LogP contribution in [0.5, 0.6) is 23.0 Å². The number of benzene rings is 2. The third kappa shape index (κ3) is 5.54. The van der Waals surface area contributed by atoms with Gasteiger partial charge < -0.3 is 29.4 Å². The fraction of sp³-hybridized carbons (Fsp3) is 0.300. The van der Waals surface area contributed by atoms with Gasteiger partial charge in [0.05, 0.1) is 33.8 Å². The Hall–Kier alpha value is -3.42. The van der Waals surface area contributed by atoms with Crippen molar-refractivity contribution < 1.29 is 33.6 Å². The molecule has 0 unspecified atom stereocenters. The number of hydrogen-bond acceptors (Lipinski definition) is 6. The van der Waals surface area contributed by atoms with Gasteiger partial charge in [-0.25, -0.2) is 0 Å². The molecule has 1 atom stereocenters. The van der Waals surface area contributed by atoms with E-state index in [4.69, 9.17) is 18.9 Å². The van der Waals surface area contributed by atoms with Crippen LogP contribution in [-0.4, -0.2) is 44.9 Å². The zero-order chi connectivity index (χ0) is 20.5. The normalized spacial score (nSPS) is 11.2. The Kier molecular flexibility index (Phi) is 7.50. The second kappa shape index (κ2) is 10.1. The Morgan fingerprint density at radius 2 is 1.54 bits per heavy atom. The third-order valence-electron chi connectivity index (χ3n) is 3.95. The van der Waals surface area contributed by atoms with Crippen LogP contribution in [0.25, 0.3) is 0 Å². The number of carbonyl (C=O) groups excluding carboxylic acids is 1. The zero-order valence-corrected chi connectivity index (χ0v) is 15.9. The number of rotatable bonds is 10. The molecule has 0 aliphatic rings. The predicted octanol–water partition coefficient (Wildman–Crippen LogP) is 2.42. The van der Waals surface area contributed by atoms with Gasteiger partial charge in [0.1, 0.15) is 0 Å². The molecule has 0 radical (unpaired) electrons.